The number of rotatable bonds is 7. The lowest BCUT2D eigenvalue weighted by atomic mass is 10.1. The summed E-state index contributed by atoms with van der Waals surface area (Å²) in [6.45, 7) is 1.82. The van der Waals surface area contributed by atoms with Gasteiger partial charge in [0.15, 0.2) is 0 Å². The average molecular weight is 438 g/mol. The molecular weight excluding hydrogens is 414 g/mol. The fourth-order valence-corrected chi connectivity index (χ4v) is 4.25. The van der Waals surface area contributed by atoms with Crippen molar-refractivity contribution in [2.75, 3.05) is 12.4 Å². The van der Waals surface area contributed by atoms with Crippen LogP contribution >= 0.6 is 0 Å². The van der Waals surface area contributed by atoms with E-state index in [4.69, 9.17) is 0 Å². The van der Waals surface area contributed by atoms with Gasteiger partial charge in [0.1, 0.15) is 0 Å². The van der Waals surface area contributed by atoms with Gasteiger partial charge in [-0.05, 0) is 48.4 Å². The molecule has 3 aromatic rings. The molecule has 3 rings (SSSR count). The largest absolute Gasteiger partial charge is 0.355 e. The molecule has 31 heavy (non-hydrogen) atoms. The zero-order valence-corrected chi connectivity index (χ0v) is 18.0. The third-order valence-corrected chi connectivity index (χ3v) is 6.20. The molecule has 7 nitrogen and oxygen atoms in total. The summed E-state index contributed by atoms with van der Waals surface area (Å²) in [7, 11) is -2.30. The highest BCUT2D eigenvalue weighted by Crippen LogP contribution is 2.19. The number of carbonyl (C=O) groups is 2. The third kappa shape index (κ3) is 5.56. The molecule has 0 saturated carbocycles. The van der Waals surface area contributed by atoms with E-state index in [0.717, 1.165) is 5.56 Å². The quantitative estimate of drug-likeness (QED) is 0.528. The monoisotopic (exact) mass is 437 g/mol. The Morgan fingerprint density at radius 2 is 1.55 bits per heavy atom. The maximum absolute atomic E-state index is 12.8. The van der Waals surface area contributed by atoms with Crippen molar-refractivity contribution < 1.29 is 18.0 Å². The Bertz CT molecular complexity index is 1210. The lowest BCUT2D eigenvalue weighted by Gasteiger charge is -2.12. The van der Waals surface area contributed by atoms with Crippen molar-refractivity contribution >= 4 is 27.5 Å². The normalized spacial score (nSPS) is 11.0. The van der Waals surface area contributed by atoms with E-state index in [1.807, 2.05) is 30.3 Å². The maximum Gasteiger partial charge on any atom is 0.255 e. The van der Waals surface area contributed by atoms with E-state index >= 15 is 0 Å². The summed E-state index contributed by atoms with van der Waals surface area (Å²) in [5.41, 5.74) is 2.37. The molecule has 160 valence electrons. The van der Waals surface area contributed by atoms with Crippen molar-refractivity contribution in [1.29, 1.82) is 0 Å². The molecule has 0 aliphatic heterocycles. The van der Waals surface area contributed by atoms with Crippen LogP contribution in [-0.2, 0) is 16.6 Å². The average Bonchev–Trinajstić information content (AvgIpc) is 2.78. The summed E-state index contributed by atoms with van der Waals surface area (Å²) < 4.78 is 28.2. The van der Waals surface area contributed by atoms with Crippen LogP contribution in [0.4, 0.5) is 5.69 Å². The second kappa shape index (κ2) is 9.55. The van der Waals surface area contributed by atoms with E-state index in [1.165, 1.54) is 13.1 Å². The molecule has 0 radical (unpaired) electrons. The number of benzene rings is 3. The highest BCUT2D eigenvalue weighted by molar-refractivity contribution is 7.89. The third-order valence-electron chi connectivity index (χ3n) is 4.66. The summed E-state index contributed by atoms with van der Waals surface area (Å²) in [5, 5.41) is 5.22. The van der Waals surface area contributed by atoms with Gasteiger partial charge in [-0.2, -0.15) is 0 Å². The second-order valence-electron chi connectivity index (χ2n) is 6.90. The van der Waals surface area contributed by atoms with Gasteiger partial charge in [0.05, 0.1) is 4.90 Å². The van der Waals surface area contributed by atoms with Crippen molar-refractivity contribution in [3.8, 4) is 0 Å². The number of nitrogens with one attached hydrogen (secondary N) is 3. The first-order valence-corrected chi connectivity index (χ1v) is 11.1. The summed E-state index contributed by atoms with van der Waals surface area (Å²) in [5.74, 6) is -0.752. The minimum absolute atomic E-state index is 0.0372. The van der Waals surface area contributed by atoms with Gasteiger partial charge in [0, 0.05) is 30.4 Å². The molecule has 3 N–H and O–H groups in total. The first-order chi connectivity index (χ1) is 14.8. The number of aryl methyl sites for hydroxylation is 1. The van der Waals surface area contributed by atoms with Gasteiger partial charge in [0.2, 0.25) is 10.0 Å². The summed E-state index contributed by atoms with van der Waals surface area (Å²) in [6, 6.07) is 20.1. The molecule has 0 aliphatic carbocycles. The summed E-state index contributed by atoms with van der Waals surface area (Å²) >= 11 is 0. The van der Waals surface area contributed by atoms with Crippen LogP contribution in [0.5, 0.6) is 0 Å². The SMILES string of the molecule is CNC(=O)c1cccc(NC(=O)c2ccc(C)c(S(=O)(=O)NCc3ccccc3)c2)c1. The first-order valence-electron chi connectivity index (χ1n) is 9.58. The van der Waals surface area contributed by atoms with Crippen molar-refractivity contribution in [2.24, 2.45) is 0 Å². The predicted molar refractivity (Wildman–Crippen MR) is 119 cm³/mol. The molecule has 0 unspecified atom stereocenters. The van der Waals surface area contributed by atoms with Crippen molar-refractivity contribution in [3.05, 3.63) is 95.1 Å². The van der Waals surface area contributed by atoms with E-state index < -0.39 is 15.9 Å². The number of hydrogen-bond acceptors (Lipinski definition) is 4. The molecule has 0 fully saturated rings. The van der Waals surface area contributed by atoms with Gasteiger partial charge >= 0.3 is 0 Å². The topological polar surface area (TPSA) is 104 Å². The fraction of sp³-hybridized carbons (Fsp3) is 0.130. The van der Waals surface area contributed by atoms with E-state index in [9.17, 15) is 18.0 Å². The van der Waals surface area contributed by atoms with Gasteiger partial charge in [-0.25, -0.2) is 13.1 Å². The molecule has 0 aromatic heterocycles. The predicted octanol–water partition coefficient (Wildman–Crippen LogP) is 3.09. The number of carbonyl (C=O) groups excluding carboxylic acids is 2. The Morgan fingerprint density at radius 3 is 2.26 bits per heavy atom. The zero-order chi connectivity index (χ0) is 22.4. The van der Waals surface area contributed by atoms with Crippen molar-refractivity contribution in [3.63, 3.8) is 0 Å². The van der Waals surface area contributed by atoms with E-state index in [2.05, 4.69) is 15.4 Å². The highest BCUT2D eigenvalue weighted by Gasteiger charge is 2.19. The molecule has 2 amide bonds. The molecule has 0 saturated heterocycles. The molecule has 0 spiro atoms. The van der Waals surface area contributed by atoms with Crippen LogP contribution < -0.4 is 15.4 Å². The van der Waals surface area contributed by atoms with Gasteiger partial charge < -0.3 is 10.6 Å². The van der Waals surface area contributed by atoms with Crippen LogP contribution in [-0.4, -0.2) is 27.3 Å². The number of anilines is 1. The van der Waals surface area contributed by atoms with Gasteiger partial charge in [-0.15, -0.1) is 0 Å². The van der Waals surface area contributed by atoms with Crippen LogP contribution in [0.3, 0.4) is 0 Å². The fourth-order valence-electron chi connectivity index (χ4n) is 2.97. The molecule has 0 atom stereocenters. The molecular formula is C23H23N3O4S. The van der Waals surface area contributed by atoms with Gasteiger partial charge in [0.25, 0.3) is 11.8 Å². The number of amides is 2. The van der Waals surface area contributed by atoms with Crippen LogP contribution in [0.1, 0.15) is 31.8 Å². The second-order valence-corrected chi connectivity index (χ2v) is 8.64. The molecule has 0 bridgehead atoms. The Balaban J connectivity index is 1.80. The summed E-state index contributed by atoms with van der Waals surface area (Å²) in [6.07, 6.45) is 0. The Labute approximate surface area is 181 Å². The Kier molecular flexibility index (Phi) is 6.84. The first kappa shape index (κ1) is 22.2. The lowest BCUT2D eigenvalue weighted by Crippen LogP contribution is -2.24. The van der Waals surface area contributed by atoms with Crippen molar-refractivity contribution in [1.82, 2.24) is 10.0 Å². The zero-order valence-electron chi connectivity index (χ0n) is 17.2. The van der Waals surface area contributed by atoms with E-state index in [1.54, 1.807) is 43.3 Å². The number of hydrogen-bond donors (Lipinski definition) is 3. The lowest BCUT2D eigenvalue weighted by molar-refractivity contribution is 0.0961. The Hall–Kier alpha value is -3.49. The van der Waals surface area contributed by atoms with Crippen LogP contribution in [0.25, 0.3) is 0 Å². The molecule has 0 heterocycles. The van der Waals surface area contributed by atoms with Crippen molar-refractivity contribution in [2.45, 2.75) is 18.4 Å². The van der Waals surface area contributed by atoms with Crippen LogP contribution in [0, 0.1) is 6.92 Å². The Morgan fingerprint density at radius 1 is 0.839 bits per heavy atom. The van der Waals surface area contributed by atoms with Gasteiger partial charge in [-0.1, -0.05) is 42.5 Å². The standard InChI is InChI=1S/C23H23N3O4S/c1-16-11-12-19(23(28)26-20-10-6-9-18(13-20)22(27)24-2)14-21(16)31(29,30)25-15-17-7-4-3-5-8-17/h3-14,25H,15H2,1-2H3,(H,24,27)(H,26,28). The smallest absolute Gasteiger partial charge is 0.255 e. The minimum Gasteiger partial charge on any atom is -0.355 e. The summed E-state index contributed by atoms with van der Waals surface area (Å²) in [4.78, 5) is 24.5. The van der Waals surface area contributed by atoms with Crippen LogP contribution in [0.2, 0.25) is 0 Å². The molecule has 3 aromatic carbocycles. The molecule has 0 aliphatic rings. The van der Waals surface area contributed by atoms with E-state index in [0.29, 0.717) is 16.8 Å². The van der Waals surface area contributed by atoms with Crippen LogP contribution in [0.15, 0.2) is 77.7 Å². The number of sulfonamides is 1. The highest BCUT2D eigenvalue weighted by atomic mass is 32.2. The van der Waals surface area contributed by atoms with Gasteiger partial charge in [-0.3, -0.25) is 9.59 Å². The minimum atomic E-state index is -3.82. The maximum atomic E-state index is 12.8. The van der Waals surface area contributed by atoms with E-state index in [-0.39, 0.29) is 22.9 Å². The molecule has 8 heteroatoms.